The minimum absolute atomic E-state index is 0.395. The van der Waals surface area contributed by atoms with Gasteiger partial charge in [-0.1, -0.05) is 27.7 Å². The zero-order chi connectivity index (χ0) is 10.1. The summed E-state index contributed by atoms with van der Waals surface area (Å²) in [5.74, 6) is 0.935. The molecule has 3 atom stereocenters. The SMILES string of the molecule is CC1CCC(NC(C)C(C)(C)C)C1. The van der Waals surface area contributed by atoms with Gasteiger partial charge in [0.1, 0.15) is 0 Å². The molecule has 1 N–H and O–H groups in total. The minimum Gasteiger partial charge on any atom is -0.311 e. The molecule has 1 aliphatic carbocycles. The van der Waals surface area contributed by atoms with Crippen LogP contribution in [0.3, 0.4) is 0 Å². The number of hydrogen-bond donors (Lipinski definition) is 1. The Kier molecular flexibility index (Phi) is 3.39. The molecule has 0 heterocycles. The molecule has 3 unspecified atom stereocenters. The normalized spacial score (nSPS) is 32.1. The van der Waals surface area contributed by atoms with Gasteiger partial charge in [0, 0.05) is 12.1 Å². The van der Waals surface area contributed by atoms with E-state index in [9.17, 15) is 0 Å². The zero-order valence-corrected chi connectivity index (χ0v) is 9.85. The number of hydrogen-bond acceptors (Lipinski definition) is 1. The van der Waals surface area contributed by atoms with Gasteiger partial charge in [0.25, 0.3) is 0 Å². The summed E-state index contributed by atoms with van der Waals surface area (Å²) in [5.41, 5.74) is 0.395. The fourth-order valence-corrected chi connectivity index (χ4v) is 1.96. The Morgan fingerprint density at radius 1 is 1.23 bits per heavy atom. The van der Waals surface area contributed by atoms with Gasteiger partial charge >= 0.3 is 0 Å². The van der Waals surface area contributed by atoms with Crippen LogP contribution in [0.2, 0.25) is 0 Å². The predicted molar refractivity (Wildman–Crippen MR) is 58.9 cm³/mol. The first kappa shape index (κ1) is 11.0. The summed E-state index contributed by atoms with van der Waals surface area (Å²) in [6, 6.07) is 1.41. The Balaban J connectivity index is 2.33. The first-order valence-electron chi connectivity index (χ1n) is 5.65. The van der Waals surface area contributed by atoms with E-state index in [0.717, 1.165) is 12.0 Å². The molecule has 0 spiro atoms. The highest BCUT2D eigenvalue weighted by atomic mass is 15.0. The summed E-state index contributed by atoms with van der Waals surface area (Å²) < 4.78 is 0. The van der Waals surface area contributed by atoms with Gasteiger partial charge < -0.3 is 5.32 Å². The second-order valence-electron chi connectivity index (χ2n) is 5.87. The lowest BCUT2D eigenvalue weighted by atomic mass is 9.87. The summed E-state index contributed by atoms with van der Waals surface area (Å²) in [6.45, 7) is 11.6. The maximum absolute atomic E-state index is 3.75. The van der Waals surface area contributed by atoms with Crippen molar-refractivity contribution in [2.24, 2.45) is 11.3 Å². The molecule has 0 radical (unpaired) electrons. The van der Waals surface area contributed by atoms with Crippen molar-refractivity contribution in [2.75, 3.05) is 0 Å². The van der Waals surface area contributed by atoms with Gasteiger partial charge in [0.2, 0.25) is 0 Å². The van der Waals surface area contributed by atoms with Crippen molar-refractivity contribution in [1.82, 2.24) is 5.32 Å². The van der Waals surface area contributed by atoms with Gasteiger partial charge in [0.15, 0.2) is 0 Å². The standard InChI is InChI=1S/C12H25N/c1-9-6-7-11(8-9)13-10(2)12(3,4)5/h9-11,13H,6-8H2,1-5H3. The van der Waals surface area contributed by atoms with Crippen LogP contribution in [0.15, 0.2) is 0 Å². The maximum atomic E-state index is 3.75. The molecule has 1 fully saturated rings. The lowest BCUT2D eigenvalue weighted by Gasteiger charge is -2.31. The molecule has 0 aromatic heterocycles. The molecule has 0 bridgehead atoms. The summed E-state index contributed by atoms with van der Waals surface area (Å²) in [6.07, 6.45) is 4.16. The Labute approximate surface area is 83.3 Å². The van der Waals surface area contributed by atoms with Crippen molar-refractivity contribution in [3.05, 3.63) is 0 Å². The summed E-state index contributed by atoms with van der Waals surface area (Å²) in [7, 11) is 0. The molecule has 0 saturated heterocycles. The Morgan fingerprint density at radius 3 is 2.23 bits per heavy atom. The van der Waals surface area contributed by atoms with Crippen LogP contribution < -0.4 is 5.32 Å². The van der Waals surface area contributed by atoms with Crippen molar-refractivity contribution in [2.45, 2.75) is 66.0 Å². The third-order valence-corrected chi connectivity index (χ3v) is 3.48. The van der Waals surface area contributed by atoms with E-state index in [1.807, 2.05) is 0 Å². The smallest absolute Gasteiger partial charge is 0.00898 e. The summed E-state index contributed by atoms with van der Waals surface area (Å²) >= 11 is 0. The number of rotatable bonds is 2. The highest BCUT2D eigenvalue weighted by Crippen LogP contribution is 2.27. The second kappa shape index (κ2) is 4.00. The van der Waals surface area contributed by atoms with E-state index in [0.29, 0.717) is 11.5 Å². The third-order valence-electron chi connectivity index (χ3n) is 3.48. The van der Waals surface area contributed by atoms with Crippen molar-refractivity contribution in [3.63, 3.8) is 0 Å². The molecule has 1 rings (SSSR count). The van der Waals surface area contributed by atoms with Crippen LogP contribution in [0.25, 0.3) is 0 Å². The Hall–Kier alpha value is -0.0400. The van der Waals surface area contributed by atoms with Crippen LogP contribution >= 0.6 is 0 Å². The molecule has 1 saturated carbocycles. The summed E-state index contributed by atoms with van der Waals surface area (Å²) in [4.78, 5) is 0. The van der Waals surface area contributed by atoms with Gasteiger partial charge in [0.05, 0.1) is 0 Å². The van der Waals surface area contributed by atoms with Gasteiger partial charge in [-0.15, -0.1) is 0 Å². The van der Waals surface area contributed by atoms with Crippen LogP contribution in [-0.4, -0.2) is 12.1 Å². The quantitative estimate of drug-likeness (QED) is 0.693. The molecule has 0 aromatic carbocycles. The highest BCUT2D eigenvalue weighted by Gasteiger charge is 2.26. The molecule has 0 aromatic rings. The van der Waals surface area contributed by atoms with E-state index in [1.54, 1.807) is 0 Å². The average Bonchev–Trinajstić information content (AvgIpc) is 2.33. The minimum atomic E-state index is 0.395. The molecule has 1 heteroatoms. The van der Waals surface area contributed by atoms with Crippen LogP contribution in [0.5, 0.6) is 0 Å². The van der Waals surface area contributed by atoms with Crippen LogP contribution in [0.1, 0.15) is 53.9 Å². The summed E-state index contributed by atoms with van der Waals surface area (Å²) in [5, 5.41) is 3.75. The average molecular weight is 183 g/mol. The number of nitrogens with one attached hydrogen (secondary N) is 1. The topological polar surface area (TPSA) is 12.0 Å². The van der Waals surface area contributed by atoms with E-state index < -0.39 is 0 Å². The van der Waals surface area contributed by atoms with Gasteiger partial charge in [-0.05, 0) is 37.5 Å². The van der Waals surface area contributed by atoms with Crippen LogP contribution in [-0.2, 0) is 0 Å². The molecule has 0 aliphatic heterocycles. The first-order chi connectivity index (χ1) is 5.89. The largest absolute Gasteiger partial charge is 0.311 e. The molecular formula is C12H25N. The van der Waals surface area contributed by atoms with Crippen molar-refractivity contribution in [3.8, 4) is 0 Å². The van der Waals surface area contributed by atoms with Gasteiger partial charge in [-0.2, -0.15) is 0 Å². The lowest BCUT2D eigenvalue weighted by molar-refractivity contribution is 0.261. The predicted octanol–water partition coefficient (Wildman–Crippen LogP) is 3.20. The molecule has 78 valence electrons. The lowest BCUT2D eigenvalue weighted by Crippen LogP contribution is -2.42. The van der Waals surface area contributed by atoms with E-state index in [2.05, 4.69) is 39.9 Å². The molecule has 1 aliphatic rings. The van der Waals surface area contributed by atoms with Crippen LogP contribution in [0.4, 0.5) is 0 Å². The second-order valence-corrected chi connectivity index (χ2v) is 5.87. The van der Waals surface area contributed by atoms with E-state index in [-0.39, 0.29) is 0 Å². The monoisotopic (exact) mass is 183 g/mol. The van der Waals surface area contributed by atoms with E-state index in [1.165, 1.54) is 19.3 Å². The fraction of sp³-hybridized carbons (Fsp3) is 1.00. The molecule has 13 heavy (non-hydrogen) atoms. The molecule has 1 nitrogen and oxygen atoms in total. The van der Waals surface area contributed by atoms with Crippen molar-refractivity contribution < 1.29 is 0 Å². The van der Waals surface area contributed by atoms with Crippen molar-refractivity contribution in [1.29, 1.82) is 0 Å². The van der Waals surface area contributed by atoms with Gasteiger partial charge in [-0.25, -0.2) is 0 Å². The Morgan fingerprint density at radius 2 is 1.85 bits per heavy atom. The first-order valence-corrected chi connectivity index (χ1v) is 5.65. The maximum Gasteiger partial charge on any atom is 0.00898 e. The fourth-order valence-electron chi connectivity index (χ4n) is 1.96. The van der Waals surface area contributed by atoms with Crippen molar-refractivity contribution >= 4 is 0 Å². The van der Waals surface area contributed by atoms with E-state index in [4.69, 9.17) is 0 Å². The van der Waals surface area contributed by atoms with E-state index >= 15 is 0 Å². The molecule has 0 amide bonds. The van der Waals surface area contributed by atoms with Crippen LogP contribution in [0, 0.1) is 11.3 Å². The highest BCUT2D eigenvalue weighted by molar-refractivity contribution is 4.84. The van der Waals surface area contributed by atoms with Gasteiger partial charge in [-0.3, -0.25) is 0 Å². The Bertz CT molecular complexity index is 157. The molecular weight excluding hydrogens is 158 g/mol. The zero-order valence-electron chi connectivity index (χ0n) is 9.85. The third kappa shape index (κ3) is 3.30.